The van der Waals surface area contributed by atoms with Crippen LogP contribution >= 0.6 is 11.6 Å². The van der Waals surface area contributed by atoms with Crippen LogP contribution in [0.15, 0.2) is 12.1 Å². The van der Waals surface area contributed by atoms with E-state index in [4.69, 9.17) is 16.3 Å². The van der Waals surface area contributed by atoms with Crippen molar-refractivity contribution in [3.8, 4) is 0 Å². The maximum Gasteiger partial charge on any atom is 0.407 e. The molecular weight excluding hydrogens is 318 g/mol. The molecule has 0 aliphatic heterocycles. The summed E-state index contributed by atoms with van der Waals surface area (Å²) in [6.45, 7) is 9.70. The predicted octanol–water partition coefficient (Wildman–Crippen LogP) is 3.60. The topological polar surface area (TPSA) is 79.5 Å². The van der Waals surface area contributed by atoms with Gasteiger partial charge in [0.2, 0.25) is 0 Å². The fraction of sp³-hybridized carbons (Fsp3) is 0.500. The summed E-state index contributed by atoms with van der Waals surface area (Å²) >= 11 is 6.13. The van der Waals surface area contributed by atoms with Gasteiger partial charge in [-0.2, -0.15) is 0 Å². The van der Waals surface area contributed by atoms with E-state index in [0.29, 0.717) is 10.7 Å². The van der Waals surface area contributed by atoms with Crippen LogP contribution in [0.2, 0.25) is 5.02 Å². The summed E-state index contributed by atoms with van der Waals surface area (Å²) in [6.07, 6.45) is -0.517. The van der Waals surface area contributed by atoms with Crippen LogP contribution in [0.1, 0.15) is 31.9 Å². The van der Waals surface area contributed by atoms with Crippen LogP contribution in [0.25, 0.3) is 0 Å². The van der Waals surface area contributed by atoms with Gasteiger partial charge in [0.25, 0.3) is 0 Å². The molecule has 0 bridgehead atoms. The highest BCUT2D eigenvalue weighted by Crippen LogP contribution is 2.27. The van der Waals surface area contributed by atoms with Gasteiger partial charge in [0.15, 0.2) is 0 Å². The Balaban J connectivity index is 2.37. The van der Waals surface area contributed by atoms with E-state index in [1.807, 2.05) is 19.9 Å². The lowest BCUT2D eigenvalue weighted by molar-refractivity contribution is 0.0528. The zero-order valence-corrected chi connectivity index (χ0v) is 14.9. The second-order valence-corrected chi connectivity index (χ2v) is 6.66. The number of aryl methyl sites for hydroxylation is 2. The van der Waals surface area contributed by atoms with E-state index in [9.17, 15) is 9.59 Å². The molecule has 0 saturated carbocycles. The molecule has 1 rings (SSSR count). The molecule has 6 nitrogen and oxygen atoms in total. The molecule has 0 unspecified atom stereocenters. The van der Waals surface area contributed by atoms with Crippen LogP contribution in [0, 0.1) is 13.8 Å². The summed E-state index contributed by atoms with van der Waals surface area (Å²) < 4.78 is 5.09. The number of urea groups is 1. The summed E-state index contributed by atoms with van der Waals surface area (Å²) in [5, 5.41) is 8.39. The van der Waals surface area contributed by atoms with Gasteiger partial charge < -0.3 is 20.7 Å². The number of benzene rings is 1. The molecule has 0 aromatic heterocycles. The number of amides is 3. The van der Waals surface area contributed by atoms with Crippen molar-refractivity contribution >= 4 is 29.4 Å². The first kappa shape index (κ1) is 19.1. The number of ether oxygens (including phenoxy) is 1. The third-order valence-corrected chi connectivity index (χ3v) is 3.05. The molecule has 0 spiro atoms. The van der Waals surface area contributed by atoms with Crippen molar-refractivity contribution in [1.29, 1.82) is 0 Å². The monoisotopic (exact) mass is 341 g/mol. The van der Waals surface area contributed by atoms with Crippen molar-refractivity contribution < 1.29 is 14.3 Å². The van der Waals surface area contributed by atoms with Gasteiger partial charge in [0.1, 0.15) is 5.60 Å². The SMILES string of the molecule is Cc1cc(C)c(NC(=O)NCCNC(=O)OC(C)(C)C)c(Cl)c1. The molecule has 3 N–H and O–H groups in total. The van der Waals surface area contributed by atoms with E-state index in [-0.39, 0.29) is 19.1 Å². The first-order chi connectivity index (χ1) is 10.6. The number of nitrogens with one attached hydrogen (secondary N) is 3. The van der Waals surface area contributed by atoms with Gasteiger partial charge in [-0.15, -0.1) is 0 Å². The molecule has 0 aliphatic carbocycles. The molecule has 7 heteroatoms. The summed E-state index contributed by atoms with van der Waals surface area (Å²) in [6, 6.07) is 3.34. The minimum absolute atomic E-state index is 0.267. The highest BCUT2D eigenvalue weighted by atomic mass is 35.5. The van der Waals surface area contributed by atoms with Crippen LogP contribution in [-0.2, 0) is 4.74 Å². The molecule has 1 aromatic rings. The van der Waals surface area contributed by atoms with Crippen LogP contribution < -0.4 is 16.0 Å². The second kappa shape index (κ2) is 8.06. The number of hydrogen-bond acceptors (Lipinski definition) is 3. The smallest absolute Gasteiger partial charge is 0.407 e. The minimum atomic E-state index is -0.547. The van der Waals surface area contributed by atoms with Crippen molar-refractivity contribution in [3.63, 3.8) is 0 Å². The number of halogens is 1. The number of carbonyl (C=O) groups excluding carboxylic acids is 2. The van der Waals surface area contributed by atoms with E-state index in [0.717, 1.165) is 11.1 Å². The Labute approximate surface area is 141 Å². The lowest BCUT2D eigenvalue weighted by Gasteiger charge is -2.19. The second-order valence-electron chi connectivity index (χ2n) is 6.25. The maximum atomic E-state index is 11.9. The molecular formula is C16H24ClN3O3. The van der Waals surface area contributed by atoms with Gasteiger partial charge in [-0.3, -0.25) is 0 Å². The Hall–Kier alpha value is -1.95. The van der Waals surface area contributed by atoms with Crippen LogP contribution in [0.5, 0.6) is 0 Å². The van der Waals surface area contributed by atoms with Crippen molar-refractivity contribution in [3.05, 3.63) is 28.3 Å². The standard InChI is InChI=1S/C16H24ClN3O3/c1-10-8-11(2)13(12(17)9-10)20-14(21)18-6-7-19-15(22)23-16(3,4)5/h8-9H,6-7H2,1-5H3,(H,19,22)(H2,18,20,21). The Kier molecular flexibility index (Phi) is 6.69. The summed E-state index contributed by atoms with van der Waals surface area (Å²) in [4.78, 5) is 23.3. The Bertz CT molecular complexity index is 559. The lowest BCUT2D eigenvalue weighted by atomic mass is 10.1. The average molecular weight is 342 g/mol. The highest BCUT2D eigenvalue weighted by molar-refractivity contribution is 6.34. The molecule has 0 atom stereocenters. The predicted molar refractivity (Wildman–Crippen MR) is 92.2 cm³/mol. The van der Waals surface area contributed by atoms with Crippen LogP contribution in [-0.4, -0.2) is 30.8 Å². The number of rotatable bonds is 4. The quantitative estimate of drug-likeness (QED) is 0.732. The molecule has 0 aliphatic rings. The van der Waals surface area contributed by atoms with Crippen molar-refractivity contribution in [1.82, 2.24) is 10.6 Å². The largest absolute Gasteiger partial charge is 0.444 e. The fourth-order valence-electron chi connectivity index (χ4n) is 1.89. The molecule has 0 heterocycles. The van der Waals surface area contributed by atoms with Crippen LogP contribution in [0.3, 0.4) is 0 Å². The molecule has 23 heavy (non-hydrogen) atoms. The zero-order chi connectivity index (χ0) is 17.6. The first-order valence-corrected chi connectivity index (χ1v) is 7.75. The zero-order valence-electron chi connectivity index (χ0n) is 14.2. The number of hydrogen-bond donors (Lipinski definition) is 3. The van der Waals surface area contributed by atoms with Gasteiger partial charge in [-0.1, -0.05) is 17.7 Å². The highest BCUT2D eigenvalue weighted by Gasteiger charge is 2.15. The van der Waals surface area contributed by atoms with E-state index in [1.54, 1.807) is 26.8 Å². The minimum Gasteiger partial charge on any atom is -0.444 e. The van der Waals surface area contributed by atoms with E-state index in [1.165, 1.54) is 0 Å². The van der Waals surface area contributed by atoms with Gasteiger partial charge >= 0.3 is 12.1 Å². The molecule has 3 amide bonds. The van der Waals surface area contributed by atoms with Crippen molar-refractivity contribution in [2.24, 2.45) is 0 Å². The molecule has 0 fully saturated rings. The number of alkyl carbamates (subject to hydrolysis) is 1. The van der Waals surface area contributed by atoms with Gasteiger partial charge in [0.05, 0.1) is 10.7 Å². The molecule has 1 aromatic carbocycles. The van der Waals surface area contributed by atoms with Crippen molar-refractivity contribution in [2.45, 2.75) is 40.2 Å². The molecule has 0 radical (unpaired) electrons. The summed E-state index contributed by atoms with van der Waals surface area (Å²) in [5.41, 5.74) is 1.95. The third-order valence-electron chi connectivity index (χ3n) is 2.75. The van der Waals surface area contributed by atoms with E-state index < -0.39 is 11.7 Å². The first-order valence-electron chi connectivity index (χ1n) is 7.37. The van der Waals surface area contributed by atoms with Crippen LogP contribution in [0.4, 0.5) is 15.3 Å². The Morgan fingerprint density at radius 2 is 1.74 bits per heavy atom. The Morgan fingerprint density at radius 1 is 1.13 bits per heavy atom. The van der Waals surface area contributed by atoms with E-state index >= 15 is 0 Å². The van der Waals surface area contributed by atoms with E-state index in [2.05, 4.69) is 16.0 Å². The Morgan fingerprint density at radius 3 is 2.30 bits per heavy atom. The van der Waals surface area contributed by atoms with Gasteiger partial charge in [0, 0.05) is 13.1 Å². The number of carbonyl (C=O) groups is 2. The fourth-order valence-corrected chi connectivity index (χ4v) is 2.25. The summed E-state index contributed by atoms with van der Waals surface area (Å²) in [5.74, 6) is 0. The van der Waals surface area contributed by atoms with Gasteiger partial charge in [-0.25, -0.2) is 9.59 Å². The third kappa shape index (κ3) is 7.23. The summed E-state index contributed by atoms with van der Waals surface area (Å²) in [7, 11) is 0. The van der Waals surface area contributed by atoms with Gasteiger partial charge in [-0.05, 0) is 51.8 Å². The normalized spacial score (nSPS) is 10.9. The number of anilines is 1. The lowest BCUT2D eigenvalue weighted by Crippen LogP contribution is -2.39. The molecule has 0 saturated heterocycles. The van der Waals surface area contributed by atoms with Crippen molar-refractivity contribution in [2.75, 3.05) is 18.4 Å². The average Bonchev–Trinajstić information content (AvgIpc) is 2.37. The molecule has 128 valence electrons. The maximum absolute atomic E-state index is 11.9.